The molecule has 0 saturated carbocycles. The zero-order chi connectivity index (χ0) is 29.5. The van der Waals surface area contributed by atoms with Gasteiger partial charge in [0.05, 0.1) is 6.04 Å². The molecule has 0 fully saturated rings. The van der Waals surface area contributed by atoms with Crippen molar-refractivity contribution in [2.75, 3.05) is 6.54 Å². The Morgan fingerprint density at radius 2 is 1.41 bits per heavy atom. The maximum atomic E-state index is 13.3. The second kappa shape index (κ2) is 17.0. The predicted molar refractivity (Wildman–Crippen MR) is 142 cm³/mol. The minimum absolute atomic E-state index is 0.00688. The van der Waals surface area contributed by atoms with E-state index in [1.54, 1.807) is 19.1 Å². The van der Waals surface area contributed by atoms with E-state index in [0.717, 1.165) is 0 Å². The van der Waals surface area contributed by atoms with Crippen LogP contribution in [0.3, 0.4) is 0 Å². The fraction of sp³-hybridized carbons (Fsp3) is 0.577. The molecule has 0 aliphatic rings. The van der Waals surface area contributed by atoms with Crippen molar-refractivity contribution in [1.29, 1.82) is 0 Å². The summed E-state index contributed by atoms with van der Waals surface area (Å²) in [4.78, 5) is 61.9. The monoisotopic (exact) mass is 551 g/mol. The number of phenolic OH excluding ortho intramolecular Hbond substituents is 1. The molecule has 13 nitrogen and oxygen atoms in total. The quantitative estimate of drug-likeness (QED) is 0.112. The molecule has 13 heteroatoms. The van der Waals surface area contributed by atoms with Gasteiger partial charge in [0.15, 0.2) is 0 Å². The van der Waals surface area contributed by atoms with E-state index in [2.05, 4.69) is 16.0 Å². The van der Waals surface area contributed by atoms with E-state index in [4.69, 9.17) is 16.6 Å². The van der Waals surface area contributed by atoms with Gasteiger partial charge in [-0.15, -0.1) is 0 Å². The van der Waals surface area contributed by atoms with Crippen LogP contribution in [0.15, 0.2) is 24.3 Å². The number of phenols is 1. The van der Waals surface area contributed by atoms with E-state index in [-0.39, 0.29) is 30.9 Å². The van der Waals surface area contributed by atoms with Crippen LogP contribution < -0.4 is 27.4 Å². The van der Waals surface area contributed by atoms with E-state index in [1.807, 2.05) is 6.92 Å². The van der Waals surface area contributed by atoms with E-state index >= 15 is 0 Å². The standard InChI is InChI=1S/C26H41N5O8/c1-3-15(2)22(28)25(37)31-20(14-16-7-9-17(32)10-8-16)24(36)29-18(11-12-21(33)34)23(35)30-19(26(38)39)6-4-5-13-27/h7-10,15,18-20,22,32H,3-6,11-14,27-28H2,1-2H3,(H,29,36)(H,30,35)(H,31,37)(H,33,34)(H,38,39). The van der Waals surface area contributed by atoms with E-state index in [0.29, 0.717) is 31.4 Å². The predicted octanol–water partition coefficient (Wildman–Crippen LogP) is -0.159. The molecule has 0 aliphatic carbocycles. The van der Waals surface area contributed by atoms with Crippen LogP contribution in [-0.2, 0) is 30.4 Å². The number of benzene rings is 1. The van der Waals surface area contributed by atoms with E-state index < -0.39 is 60.2 Å². The number of hydrogen-bond acceptors (Lipinski definition) is 8. The maximum absolute atomic E-state index is 13.3. The molecule has 0 spiro atoms. The molecule has 3 amide bonds. The number of carbonyl (C=O) groups is 5. The van der Waals surface area contributed by atoms with Gasteiger partial charge in [0.2, 0.25) is 17.7 Å². The Balaban J connectivity index is 3.16. The number of nitrogens with two attached hydrogens (primary N) is 2. The Bertz CT molecular complexity index is 972. The van der Waals surface area contributed by atoms with Crippen LogP contribution in [0.1, 0.15) is 57.9 Å². The number of aliphatic carboxylic acids is 2. The van der Waals surface area contributed by atoms with Gasteiger partial charge in [0.25, 0.3) is 0 Å². The molecule has 0 aliphatic heterocycles. The number of carbonyl (C=O) groups excluding carboxylic acids is 3. The number of rotatable bonds is 18. The van der Waals surface area contributed by atoms with Crippen molar-refractivity contribution >= 4 is 29.7 Å². The highest BCUT2D eigenvalue weighted by Gasteiger charge is 2.31. The zero-order valence-electron chi connectivity index (χ0n) is 22.4. The number of amides is 3. The number of hydrogen-bond donors (Lipinski definition) is 8. The molecular formula is C26H41N5O8. The minimum Gasteiger partial charge on any atom is -0.508 e. The van der Waals surface area contributed by atoms with E-state index in [1.165, 1.54) is 12.1 Å². The van der Waals surface area contributed by atoms with Crippen LogP contribution in [0.25, 0.3) is 0 Å². The van der Waals surface area contributed by atoms with Crippen LogP contribution in [0.5, 0.6) is 5.75 Å². The Morgan fingerprint density at radius 1 is 0.846 bits per heavy atom. The summed E-state index contributed by atoms with van der Waals surface area (Å²) >= 11 is 0. The first kappa shape index (κ1) is 33.3. The van der Waals surface area contributed by atoms with Crippen LogP contribution >= 0.6 is 0 Å². The summed E-state index contributed by atoms with van der Waals surface area (Å²) in [5.41, 5.74) is 12.1. The van der Waals surface area contributed by atoms with Gasteiger partial charge in [0.1, 0.15) is 23.9 Å². The average molecular weight is 552 g/mol. The maximum Gasteiger partial charge on any atom is 0.326 e. The number of unbranched alkanes of at least 4 members (excludes halogenated alkanes) is 1. The summed E-state index contributed by atoms with van der Waals surface area (Å²) in [5, 5.41) is 35.6. The first-order chi connectivity index (χ1) is 18.4. The Hall–Kier alpha value is -3.71. The van der Waals surface area contributed by atoms with Crippen molar-refractivity contribution < 1.29 is 39.3 Å². The van der Waals surface area contributed by atoms with Gasteiger partial charge < -0.3 is 42.7 Å². The summed E-state index contributed by atoms with van der Waals surface area (Å²) in [5.74, 6) is -4.89. The molecule has 5 atom stereocenters. The number of aromatic hydroxyl groups is 1. The van der Waals surface area contributed by atoms with Crippen molar-refractivity contribution in [3.63, 3.8) is 0 Å². The molecule has 0 aromatic heterocycles. The van der Waals surface area contributed by atoms with Gasteiger partial charge in [-0.2, -0.15) is 0 Å². The lowest BCUT2D eigenvalue weighted by Crippen LogP contribution is -2.58. The molecule has 10 N–H and O–H groups in total. The smallest absolute Gasteiger partial charge is 0.326 e. The van der Waals surface area contributed by atoms with Gasteiger partial charge in [-0.3, -0.25) is 19.2 Å². The largest absolute Gasteiger partial charge is 0.508 e. The molecule has 5 unspecified atom stereocenters. The molecule has 0 bridgehead atoms. The van der Waals surface area contributed by atoms with Crippen molar-refractivity contribution in [3.8, 4) is 5.75 Å². The average Bonchev–Trinajstić information content (AvgIpc) is 2.89. The molecule has 1 aromatic rings. The molecule has 0 heterocycles. The third-order valence-corrected chi connectivity index (χ3v) is 6.41. The van der Waals surface area contributed by atoms with Crippen molar-refractivity contribution in [1.82, 2.24) is 16.0 Å². The van der Waals surface area contributed by atoms with Crippen LogP contribution in [0.2, 0.25) is 0 Å². The highest BCUT2D eigenvalue weighted by atomic mass is 16.4. The summed E-state index contributed by atoms with van der Waals surface area (Å²) in [6, 6.07) is 1.21. The summed E-state index contributed by atoms with van der Waals surface area (Å²) in [6.45, 7) is 4.01. The molecule has 218 valence electrons. The normalized spacial score (nSPS) is 14.8. The van der Waals surface area contributed by atoms with Crippen LogP contribution in [-0.4, -0.2) is 75.7 Å². The molecule has 1 rings (SSSR count). The summed E-state index contributed by atoms with van der Waals surface area (Å²) in [7, 11) is 0. The van der Waals surface area contributed by atoms with Crippen molar-refractivity contribution in [2.45, 2.75) is 83.0 Å². The molecule has 0 radical (unpaired) electrons. The lowest BCUT2D eigenvalue weighted by Gasteiger charge is -2.26. The van der Waals surface area contributed by atoms with E-state index in [9.17, 15) is 34.2 Å². The van der Waals surface area contributed by atoms with Gasteiger partial charge in [0, 0.05) is 12.8 Å². The van der Waals surface area contributed by atoms with Crippen molar-refractivity contribution in [3.05, 3.63) is 29.8 Å². The number of carboxylic acid groups (broad SMARTS) is 2. The molecular weight excluding hydrogens is 510 g/mol. The lowest BCUT2D eigenvalue weighted by atomic mass is 9.98. The number of nitrogens with one attached hydrogen (secondary N) is 3. The first-order valence-corrected chi connectivity index (χ1v) is 13.0. The third-order valence-electron chi connectivity index (χ3n) is 6.41. The third kappa shape index (κ3) is 12.1. The Labute approximate surface area is 227 Å². The second-order valence-electron chi connectivity index (χ2n) is 9.52. The fourth-order valence-corrected chi connectivity index (χ4v) is 3.69. The van der Waals surface area contributed by atoms with Gasteiger partial charge in [-0.05, 0) is 55.8 Å². The van der Waals surface area contributed by atoms with Crippen LogP contribution in [0, 0.1) is 5.92 Å². The Kier molecular flexibility index (Phi) is 14.5. The number of carboxylic acids is 2. The zero-order valence-corrected chi connectivity index (χ0v) is 22.4. The van der Waals surface area contributed by atoms with Gasteiger partial charge >= 0.3 is 11.9 Å². The molecule has 0 saturated heterocycles. The van der Waals surface area contributed by atoms with Gasteiger partial charge in [-0.25, -0.2) is 4.79 Å². The fourth-order valence-electron chi connectivity index (χ4n) is 3.69. The molecule has 1 aromatic carbocycles. The lowest BCUT2D eigenvalue weighted by molar-refractivity contribution is -0.143. The van der Waals surface area contributed by atoms with Gasteiger partial charge in [-0.1, -0.05) is 32.4 Å². The highest BCUT2D eigenvalue weighted by Crippen LogP contribution is 2.13. The summed E-state index contributed by atoms with van der Waals surface area (Å²) in [6.07, 6.45) is 0.912. The van der Waals surface area contributed by atoms with Crippen LogP contribution in [0.4, 0.5) is 0 Å². The highest BCUT2D eigenvalue weighted by molar-refractivity contribution is 5.94. The minimum atomic E-state index is -1.38. The van der Waals surface area contributed by atoms with Crippen molar-refractivity contribution in [2.24, 2.45) is 17.4 Å². The second-order valence-corrected chi connectivity index (χ2v) is 9.52. The summed E-state index contributed by atoms with van der Waals surface area (Å²) < 4.78 is 0. The SMILES string of the molecule is CCC(C)C(N)C(=O)NC(Cc1ccc(O)cc1)C(=O)NC(CCC(=O)O)C(=O)NC(CCCCN)C(=O)O. The molecule has 39 heavy (non-hydrogen) atoms. The Morgan fingerprint density at radius 3 is 1.95 bits per heavy atom. The topological polar surface area (TPSA) is 234 Å². The first-order valence-electron chi connectivity index (χ1n) is 13.0.